The Labute approximate surface area is 160 Å². The molecule has 4 nitrogen and oxygen atoms in total. The van der Waals surface area contributed by atoms with Crippen LogP contribution in [0.4, 0.5) is 5.69 Å². The highest BCUT2D eigenvalue weighted by Gasteiger charge is 2.22. The lowest BCUT2D eigenvalue weighted by Crippen LogP contribution is -2.35. The maximum Gasteiger partial charge on any atom is 0.255 e. The maximum absolute atomic E-state index is 12.8. The Kier molecular flexibility index (Phi) is 4.52. The van der Waals surface area contributed by atoms with E-state index >= 15 is 0 Å². The molecule has 0 unspecified atom stereocenters. The van der Waals surface area contributed by atoms with Gasteiger partial charge in [-0.25, -0.2) is 0 Å². The molecule has 0 bridgehead atoms. The van der Waals surface area contributed by atoms with Crippen molar-refractivity contribution < 1.29 is 4.79 Å². The number of aromatic amines is 1. The number of aromatic nitrogens is 1. The molecule has 2 N–H and O–H groups in total. The van der Waals surface area contributed by atoms with E-state index in [0.717, 1.165) is 47.4 Å². The van der Waals surface area contributed by atoms with E-state index in [2.05, 4.69) is 41.2 Å². The molecule has 0 radical (unpaired) electrons. The number of hydrogen-bond acceptors (Lipinski definition) is 2. The van der Waals surface area contributed by atoms with Crippen LogP contribution >= 0.6 is 0 Å². The van der Waals surface area contributed by atoms with Gasteiger partial charge in [0.25, 0.3) is 5.91 Å². The summed E-state index contributed by atoms with van der Waals surface area (Å²) in [5.74, 6) is -0.0521. The molecule has 2 aromatic carbocycles. The zero-order chi connectivity index (χ0) is 19.1. The molecule has 0 fully saturated rings. The van der Waals surface area contributed by atoms with Crippen LogP contribution in [0.5, 0.6) is 0 Å². The number of nitrogens with one attached hydrogen (secondary N) is 2. The number of H-pyrrole nitrogens is 1. The first-order chi connectivity index (χ1) is 12.9. The molecule has 4 rings (SSSR count). The van der Waals surface area contributed by atoms with Gasteiger partial charge in [-0.2, -0.15) is 0 Å². The average molecular weight is 361 g/mol. The highest BCUT2D eigenvalue weighted by molar-refractivity contribution is 6.06. The smallest absolute Gasteiger partial charge is 0.255 e. The van der Waals surface area contributed by atoms with Crippen molar-refractivity contribution in [3.63, 3.8) is 0 Å². The highest BCUT2D eigenvalue weighted by Crippen LogP contribution is 2.30. The van der Waals surface area contributed by atoms with Crippen molar-refractivity contribution in [3.05, 3.63) is 64.3 Å². The minimum Gasteiger partial charge on any atom is -0.358 e. The molecule has 1 aromatic heterocycles. The second kappa shape index (κ2) is 6.86. The molecule has 0 aliphatic carbocycles. The summed E-state index contributed by atoms with van der Waals surface area (Å²) in [7, 11) is 0. The Bertz CT molecular complexity index is 1020. The van der Waals surface area contributed by atoms with Crippen LogP contribution in [0.1, 0.15) is 46.6 Å². The van der Waals surface area contributed by atoms with Gasteiger partial charge in [-0.05, 0) is 63.1 Å². The predicted octanol–water partition coefficient (Wildman–Crippen LogP) is 4.80. The van der Waals surface area contributed by atoms with Crippen molar-refractivity contribution in [1.29, 1.82) is 0 Å². The SMILES string of the molecule is Cc1ccc(C)c(C(=O)Nc2ccc3[nH]c4c(c3c2)CN(C(C)C)CC4)c1. The Morgan fingerprint density at radius 1 is 1.15 bits per heavy atom. The second-order valence-corrected chi connectivity index (χ2v) is 7.93. The fourth-order valence-corrected chi connectivity index (χ4v) is 3.93. The van der Waals surface area contributed by atoms with Gasteiger partial charge in [0.05, 0.1) is 0 Å². The highest BCUT2D eigenvalue weighted by atomic mass is 16.1. The number of carbonyl (C=O) groups excluding carboxylic acids is 1. The molecule has 1 amide bonds. The fourth-order valence-electron chi connectivity index (χ4n) is 3.93. The average Bonchev–Trinajstić information content (AvgIpc) is 3.00. The summed E-state index contributed by atoms with van der Waals surface area (Å²) in [6, 6.07) is 12.7. The van der Waals surface area contributed by atoms with Crippen molar-refractivity contribution in [1.82, 2.24) is 9.88 Å². The standard InChI is InChI=1S/C23H27N3O/c1-14(2)26-10-9-22-20(13-26)19-12-17(7-8-21(19)25-22)24-23(27)18-11-15(3)5-6-16(18)4/h5-8,11-12,14,25H,9-10,13H2,1-4H3,(H,24,27). The molecule has 2 heterocycles. The molecule has 1 aliphatic rings. The third kappa shape index (κ3) is 3.37. The largest absolute Gasteiger partial charge is 0.358 e. The van der Waals surface area contributed by atoms with Crippen molar-refractivity contribution >= 4 is 22.5 Å². The number of aryl methyl sites for hydroxylation is 2. The maximum atomic E-state index is 12.8. The molecular weight excluding hydrogens is 334 g/mol. The van der Waals surface area contributed by atoms with Gasteiger partial charge in [0.15, 0.2) is 0 Å². The summed E-state index contributed by atoms with van der Waals surface area (Å²) >= 11 is 0. The number of rotatable bonds is 3. The van der Waals surface area contributed by atoms with E-state index in [1.54, 1.807) is 0 Å². The molecule has 4 heteroatoms. The summed E-state index contributed by atoms with van der Waals surface area (Å²) in [6.07, 6.45) is 1.05. The van der Waals surface area contributed by atoms with Crippen LogP contribution in [-0.2, 0) is 13.0 Å². The second-order valence-electron chi connectivity index (χ2n) is 7.93. The van der Waals surface area contributed by atoms with Crippen molar-refractivity contribution in [2.75, 3.05) is 11.9 Å². The molecular formula is C23H27N3O. The van der Waals surface area contributed by atoms with E-state index in [4.69, 9.17) is 0 Å². The van der Waals surface area contributed by atoms with E-state index in [1.165, 1.54) is 16.6 Å². The summed E-state index contributed by atoms with van der Waals surface area (Å²) in [6.45, 7) is 10.5. The third-order valence-electron chi connectivity index (χ3n) is 5.63. The molecule has 0 saturated heterocycles. The Morgan fingerprint density at radius 2 is 1.96 bits per heavy atom. The Balaban J connectivity index is 1.65. The normalized spacial score (nSPS) is 14.6. The van der Waals surface area contributed by atoms with Crippen LogP contribution in [0, 0.1) is 13.8 Å². The first kappa shape index (κ1) is 17.8. The van der Waals surface area contributed by atoms with Crippen molar-refractivity contribution in [2.45, 2.75) is 46.7 Å². The molecule has 0 saturated carbocycles. The fraction of sp³-hybridized carbons (Fsp3) is 0.348. The zero-order valence-electron chi connectivity index (χ0n) is 16.5. The topological polar surface area (TPSA) is 48.1 Å². The summed E-state index contributed by atoms with van der Waals surface area (Å²) in [5, 5.41) is 4.30. The van der Waals surface area contributed by atoms with Gasteiger partial charge >= 0.3 is 0 Å². The Hall–Kier alpha value is -2.59. The number of nitrogens with zero attached hydrogens (tertiary/aromatic N) is 1. The van der Waals surface area contributed by atoms with E-state index in [0.29, 0.717) is 6.04 Å². The number of benzene rings is 2. The van der Waals surface area contributed by atoms with Crippen molar-refractivity contribution in [2.24, 2.45) is 0 Å². The molecule has 0 atom stereocenters. The predicted molar refractivity (Wildman–Crippen MR) is 111 cm³/mol. The number of amides is 1. The molecule has 0 spiro atoms. The van der Waals surface area contributed by atoms with Gasteiger partial charge in [0, 0.05) is 53.4 Å². The number of anilines is 1. The van der Waals surface area contributed by atoms with Gasteiger partial charge < -0.3 is 10.3 Å². The number of hydrogen-bond donors (Lipinski definition) is 2. The van der Waals surface area contributed by atoms with Gasteiger partial charge in [-0.3, -0.25) is 9.69 Å². The third-order valence-corrected chi connectivity index (χ3v) is 5.63. The lowest BCUT2D eigenvalue weighted by atomic mass is 10.0. The van der Waals surface area contributed by atoms with Crippen LogP contribution in [0.2, 0.25) is 0 Å². The monoisotopic (exact) mass is 361 g/mol. The van der Waals surface area contributed by atoms with Gasteiger partial charge in [-0.15, -0.1) is 0 Å². The minimum atomic E-state index is -0.0521. The first-order valence-electron chi connectivity index (χ1n) is 9.68. The van der Waals surface area contributed by atoms with Crippen LogP contribution < -0.4 is 5.32 Å². The molecule has 140 valence electrons. The van der Waals surface area contributed by atoms with E-state index < -0.39 is 0 Å². The molecule has 3 aromatic rings. The molecule has 1 aliphatic heterocycles. The van der Waals surface area contributed by atoms with Crippen LogP contribution in [0.25, 0.3) is 10.9 Å². The van der Waals surface area contributed by atoms with Gasteiger partial charge in [0.2, 0.25) is 0 Å². The number of carbonyl (C=O) groups is 1. The quantitative estimate of drug-likeness (QED) is 0.704. The lowest BCUT2D eigenvalue weighted by molar-refractivity contribution is 0.102. The van der Waals surface area contributed by atoms with Gasteiger partial charge in [-0.1, -0.05) is 17.7 Å². The summed E-state index contributed by atoms with van der Waals surface area (Å²) in [4.78, 5) is 18.8. The molecule has 27 heavy (non-hydrogen) atoms. The van der Waals surface area contributed by atoms with Crippen LogP contribution in [0.3, 0.4) is 0 Å². The van der Waals surface area contributed by atoms with E-state index in [9.17, 15) is 4.79 Å². The van der Waals surface area contributed by atoms with E-state index in [1.807, 2.05) is 38.1 Å². The summed E-state index contributed by atoms with van der Waals surface area (Å²) < 4.78 is 0. The summed E-state index contributed by atoms with van der Waals surface area (Å²) in [5.41, 5.74) is 7.51. The van der Waals surface area contributed by atoms with Crippen LogP contribution in [0.15, 0.2) is 36.4 Å². The van der Waals surface area contributed by atoms with Crippen LogP contribution in [-0.4, -0.2) is 28.4 Å². The Morgan fingerprint density at radius 3 is 2.74 bits per heavy atom. The zero-order valence-corrected chi connectivity index (χ0v) is 16.5. The van der Waals surface area contributed by atoms with Crippen molar-refractivity contribution in [3.8, 4) is 0 Å². The first-order valence-corrected chi connectivity index (χ1v) is 9.68. The van der Waals surface area contributed by atoms with E-state index in [-0.39, 0.29) is 5.91 Å². The minimum absolute atomic E-state index is 0.0521. The number of fused-ring (bicyclic) bond motifs is 3. The lowest BCUT2D eigenvalue weighted by Gasteiger charge is -2.30. The van der Waals surface area contributed by atoms with Gasteiger partial charge in [0.1, 0.15) is 0 Å².